The number of aliphatic carboxylic acids is 1. The monoisotopic (exact) mass is 845 g/mol. The van der Waals surface area contributed by atoms with Gasteiger partial charge in [-0.25, -0.2) is 4.79 Å². The Morgan fingerprint density at radius 2 is 0.933 bits per heavy atom. The summed E-state index contributed by atoms with van der Waals surface area (Å²) in [5.41, 5.74) is 0. The fourth-order valence-electron chi connectivity index (χ4n) is 7.16. The molecule has 0 bridgehead atoms. The van der Waals surface area contributed by atoms with Crippen molar-refractivity contribution in [3.8, 4) is 0 Å². The van der Waals surface area contributed by atoms with E-state index in [-0.39, 0.29) is 36.2 Å². The average molecular weight is 845 g/mol. The zero-order valence-electron chi connectivity index (χ0n) is 39.7. The molecule has 348 valence electrons. The van der Waals surface area contributed by atoms with Crippen molar-refractivity contribution in [2.45, 2.75) is 225 Å². The Morgan fingerprint density at radius 3 is 1.37 bits per heavy atom. The smallest absolute Gasteiger partial charge is 0.362 e. The normalized spacial score (nSPS) is 13.3. The standard InChI is InChI=1S/C52H93NO7/c1-6-8-10-12-14-16-18-20-22-23-24-25-26-27-28-29-31-33-35-37-39-41-43-51(55)60-48(46-58-45-44-49(52(56)57)53(3,4)5)47-59-50(54)42-40-38-36-34-32-30-21-19-17-15-13-11-9-7-2/h9,11,15,17,23-24,26-27,48-49H,6-8,10,12-14,16,18-22,25,28-47H2,1-5H3/p+1/b11-9+,17-15+,24-23+,27-26+. The van der Waals surface area contributed by atoms with Crippen molar-refractivity contribution in [1.82, 2.24) is 0 Å². The van der Waals surface area contributed by atoms with E-state index < -0.39 is 18.1 Å². The number of carboxylic acid groups (broad SMARTS) is 1. The maximum absolute atomic E-state index is 12.8. The number of allylic oxidation sites excluding steroid dienone is 8. The molecule has 2 atom stereocenters. The summed E-state index contributed by atoms with van der Waals surface area (Å²) < 4.78 is 17.3. The molecule has 0 radical (unpaired) electrons. The molecule has 0 saturated carbocycles. The van der Waals surface area contributed by atoms with E-state index in [1.807, 2.05) is 21.1 Å². The van der Waals surface area contributed by atoms with Crippen molar-refractivity contribution in [3.05, 3.63) is 48.6 Å². The van der Waals surface area contributed by atoms with Crippen LogP contribution in [0, 0.1) is 0 Å². The zero-order chi connectivity index (χ0) is 44.2. The molecule has 8 nitrogen and oxygen atoms in total. The van der Waals surface area contributed by atoms with Crippen LogP contribution in [-0.2, 0) is 28.6 Å². The molecular formula is C52H94NO7+. The van der Waals surface area contributed by atoms with Gasteiger partial charge < -0.3 is 23.8 Å². The van der Waals surface area contributed by atoms with Crippen LogP contribution in [0.15, 0.2) is 48.6 Å². The van der Waals surface area contributed by atoms with Crippen LogP contribution in [0.3, 0.4) is 0 Å². The summed E-state index contributed by atoms with van der Waals surface area (Å²) >= 11 is 0. The Kier molecular flexibility index (Phi) is 41.0. The summed E-state index contributed by atoms with van der Waals surface area (Å²) in [5, 5.41) is 9.64. The number of nitrogens with zero attached hydrogens (tertiary/aromatic N) is 1. The first kappa shape index (κ1) is 57.3. The highest BCUT2D eigenvalue weighted by Gasteiger charge is 2.31. The lowest BCUT2D eigenvalue weighted by molar-refractivity contribution is -0.887. The Morgan fingerprint density at radius 1 is 0.517 bits per heavy atom. The van der Waals surface area contributed by atoms with E-state index >= 15 is 0 Å². The fourth-order valence-corrected chi connectivity index (χ4v) is 7.16. The number of carboxylic acids is 1. The zero-order valence-corrected chi connectivity index (χ0v) is 39.7. The molecule has 0 spiro atoms. The molecule has 0 aliphatic rings. The maximum atomic E-state index is 12.8. The summed E-state index contributed by atoms with van der Waals surface area (Å²) in [4.78, 5) is 37.1. The Hall–Kier alpha value is -2.71. The molecular weight excluding hydrogens is 751 g/mol. The van der Waals surface area contributed by atoms with Crippen molar-refractivity contribution in [2.75, 3.05) is 41.0 Å². The molecule has 0 fully saturated rings. The molecule has 60 heavy (non-hydrogen) atoms. The van der Waals surface area contributed by atoms with Gasteiger partial charge in [0.2, 0.25) is 0 Å². The van der Waals surface area contributed by atoms with Crippen LogP contribution in [-0.4, -0.2) is 80.6 Å². The third kappa shape index (κ3) is 40.7. The molecule has 0 aromatic heterocycles. The average Bonchev–Trinajstić information content (AvgIpc) is 3.21. The van der Waals surface area contributed by atoms with Crippen LogP contribution in [0.5, 0.6) is 0 Å². The van der Waals surface area contributed by atoms with Crippen molar-refractivity contribution in [2.24, 2.45) is 0 Å². The van der Waals surface area contributed by atoms with Crippen LogP contribution in [0.2, 0.25) is 0 Å². The molecule has 0 saturated heterocycles. The molecule has 0 aliphatic heterocycles. The van der Waals surface area contributed by atoms with Gasteiger partial charge >= 0.3 is 17.9 Å². The van der Waals surface area contributed by atoms with Gasteiger partial charge in [0, 0.05) is 19.3 Å². The van der Waals surface area contributed by atoms with Crippen molar-refractivity contribution >= 4 is 17.9 Å². The van der Waals surface area contributed by atoms with Crippen LogP contribution >= 0.6 is 0 Å². The summed E-state index contributed by atoms with van der Waals surface area (Å²) in [5.74, 6) is -1.48. The van der Waals surface area contributed by atoms with E-state index in [2.05, 4.69) is 62.5 Å². The third-order valence-electron chi connectivity index (χ3n) is 11.0. The third-order valence-corrected chi connectivity index (χ3v) is 11.0. The number of rotatable bonds is 44. The van der Waals surface area contributed by atoms with E-state index in [1.165, 1.54) is 109 Å². The molecule has 0 heterocycles. The van der Waals surface area contributed by atoms with Gasteiger partial charge in [0.05, 0.1) is 34.4 Å². The number of carbonyl (C=O) groups is 3. The number of esters is 2. The largest absolute Gasteiger partial charge is 0.477 e. The summed E-state index contributed by atoms with van der Waals surface area (Å²) in [6.07, 6.45) is 51.6. The fraction of sp³-hybridized carbons (Fsp3) is 0.788. The van der Waals surface area contributed by atoms with E-state index in [0.717, 1.165) is 70.6 Å². The van der Waals surface area contributed by atoms with Crippen LogP contribution in [0.1, 0.15) is 213 Å². The lowest BCUT2D eigenvalue weighted by Gasteiger charge is -2.31. The summed E-state index contributed by atoms with van der Waals surface area (Å²) in [6.45, 7) is 4.63. The van der Waals surface area contributed by atoms with E-state index in [4.69, 9.17) is 14.2 Å². The van der Waals surface area contributed by atoms with Crippen LogP contribution in [0.4, 0.5) is 0 Å². The van der Waals surface area contributed by atoms with Gasteiger partial charge in [-0.2, -0.15) is 0 Å². The van der Waals surface area contributed by atoms with E-state index in [1.54, 1.807) is 0 Å². The summed E-state index contributed by atoms with van der Waals surface area (Å²) in [6, 6.07) is -0.618. The SMILES string of the molecule is CC/C=C/C/C=C/CCCCCCCCCC(=O)OCC(COCCC(C(=O)O)[N+](C)(C)C)OC(=O)CCCCCCCCC/C=C/C/C=C/CCCCCCCCCC. The number of hydrogen-bond donors (Lipinski definition) is 1. The molecule has 0 aromatic rings. The lowest BCUT2D eigenvalue weighted by Crippen LogP contribution is -2.50. The highest BCUT2D eigenvalue weighted by Crippen LogP contribution is 2.15. The van der Waals surface area contributed by atoms with Crippen molar-refractivity contribution in [1.29, 1.82) is 0 Å². The van der Waals surface area contributed by atoms with Gasteiger partial charge in [0.15, 0.2) is 12.1 Å². The number of ether oxygens (including phenoxy) is 3. The number of quaternary nitrogens is 1. The van der Waals surface area contributed by atoms with Gasteiger partial charge in [0.25, 0.3) is 0 Å². The van der Waals surface area contributed by atoms with E-state index in [0.29, 0.717) is 19.3 Å². The first-order chi connectivity index (χ1) is 29.1. The molecule has 0 aliphatic carbocycles. The predicted octanol–water partition coefficient (Wildman–Crippen LogP) is 14.0. The second-order valence-corrected chi connectivity index (χ2v) is 17.7. The quantitative estimate of drug-likeness (QED) is 0.0282. The maximum Gasteiger partial charge on any atom is 0.362 e. The van der Waals surface area contributed by atoms with E-state index in [9.17, 15) is 19.5 Å². The van der Waals surface area contributed by atoms with Gasteiger partial charge in [-0.3, -0.25) is 9.59 Å². The van der Waals surface area contributed by atoms with Gasteiger partial charge in [-0.05, 0) is 70.6 Å². The van der Waals surface area contributed by atoms with Crippen molar-refractivity contribution < 1.29 is 38.2 Å². The minimum atomic E-state index is -0.878. The molecule has 0 amide bonds. The summed E-state index contributed by atoms with van der Waals surface area (Å²) in [7, 11) is 5.53. The number of hydrogen-bond acceptors (Lipinski definition) is 6. The lowest BCUT2D eigenvalue weighted by atomic mass is 10.1. The molecule has 1 N–H and O–H groups in total. The highest BCUT2D eigenvalue weighted by molar-refractivity contribution is 5.72. The molecule has 0 rings (SSSR count). The first-order valence-electron chi connectivity index (χ1n) is 24.7. The minimum Gasteiger partial charge on any atom is -0.477 e. The van der Waals surface area contributed by atoms with Crippen LogP contribution < -0.4 is 0 Å². The molecule has 2 unspecified atom stereocenters. The molecule has 0 aromatic carbocycles. The van der Waals surface area contributed by atoms with Gasteiger partial charge in [-0.1, -0.05) is 172 Å². The number of likely N-dealkylation sites (N-methyl/N-ethyl adjacent to an activating group) is 1. The van der Waals surface area contributed by atoms with Crippen LogP contribution in [0.25, 0.3) is 0 Å². The van der Waals surface area contributed by atoms with Gasteiger partial charge in [-0.15, -0.1) is 0 Å². The van der Waals surface area contributed by atoms with Gasteiger partial charge in [0.1, 0.15) is 6.61 Å². The highest BCUT2D eigenvalue weighted by atomic mass is 16.6. The first-order valence-corrected chi connectivity index (χ1v) is 24.7. The predicted molar refractivity (Wildman–Crippen MR) is 252 cm³/mol. The second-order valence-electron chi connectivity index (χ2n) is 17.7. The Balaban J connectivity index is 4.27. The number of carbonyl (C=O) groups excluding carboxylic acids is 2. The topological polar surface area (TPSA) is 99.1 Å². The van der Waals surface area contributed by atoms with Crippen molar-refractivity contribution in [3.63, 3.8) is 0 Å². The Bertz CT molecular complexity index is 1120. The molecule has 8 heteroatoms. The minimum absolute atomic E-state index is 0.0550. The second kappa shape index (κ2) is 43.0. The number of unbranched alkanes of at least 4 members (excludes halogenated alkanes) is 22. The Labute approximate surface area is 369 Å².